The Balaban J connectivity index is 2.29. The molecular weight excluding hydrogens is 222 g/mol. The standard InChI is InChI=1S/C16H29NO/c1-3-5-7-9-11-15(12-10-8-6-4-2)16-13-17-14-18-16/h13-15H,3-12H2,1-2H3. The predicted molar refractivity (Wildman–Crippen MR) is 76.8 cm³/mol. The monoisotopic (exact) mass is 251 g/mol. The lowest BCUT2D eigenvalue weighted by molar-refractivity contribution is 0.405. The van der Waals surface area contributed by atoms with E-state index in [1.54, 1.807) is 6.39 Å². The summed E-state index contributed by atoms with van der Waals surface area (Å²) < 4.78 is 5.50. The minimum atomic E-state index is 0.598. The molecule has 1 aromatic heterocycles. The van der Waals surface area contributed by atoms with Crippen LogP contribution in [0.2, 0.25) is 0 Å². The average Bonchev–Trinajstić information content (AvgIpc) is 2.91. The Kier molecular flexibility index (Phi) is 8.62. The second kappa shape index (κ2) is 10.2. The number of aromatic nitrogens is 1. The molecule has 0 spiro atoms. The summed E-state index contributed by atoms with van der Waals surface area (Å²) in [7, 11) is 0. The molecular formula is C16H29NO. The van der Waals surface area contributed by atoms with E-state index in [4.69, 9.17) is 4.42 Å². The first-order valence-corrected chi connectivity index (χ1v) is 7.76. The third kappa shape index (κ3) is 6.23. The van der Waals surface area contributed by atoms with Crippen molar-refractivity contribution in [2.45, 2.75) is 84.0 Å². The minimum absolute atomic E-state index is 0.598. The van der Waals surface area contributed by atoms with Gasteiger partial charge in [-0.2, -0.15) is 0 Å². The van der Waals surface area contributed by atoms with Crippen molar-refractivity contribution in [3.63, 3.8) is 0 Å². The van der Waals surface area contributed by atoms with E-state index in [1.807, 2.05) is 6.20 Å². The smallest absolute Gasteiger partial charge is 0.180 e. The van der Waals surface area contributed by atoms with Gasteiger partial charge in [-0.15, -0.1) is 0 Å². The largest absolute Gasteiger partial charge is 0.448 e. The zero-order valence-electron chi connectivity index (χ0n) is 12.2. The molecule has 0 bridgehead atoms. The van der Waals surface area contributed by atoms with E-state index < -0.39 is 0 Å². The van der Waals surface area contributed by atoms with Crippen LogP contribution in [-0.4, -0.2) is 4.98 Å². The van der Waals surface area contributed by atoms with Crippen LogP contribution in [0.15, 0.2) is 17.0 Å². The molecule has 0 saturated heterocycles. The van der Waals surface area contributed by atoms with Crippen molar-refractivity contribution in [1.82, 2.24) is 4.98 Å². The Morgan fingerprint density at radius 1 is 0.944 bits per heavy atom. The van der Waals surface area contributed by atoms with Gasteiger partial charge in [0, 0.05) is 5.92 Å². The van der Waals surface area contributed by atoms with Crippen LogP contribution < -0.4 is 0 Å². The van der Waals surface area contributed by atoms with Gasteiger partial charge in [-0.1, -0.05) is 65.2 Å². The normalized spacial score (nSPS) is 11.3. The fourth-order valence-corrected chi connectivity index (χ4v) is 2.49. The molecule has 0 atom stereocenters. The molecule has 0 saturated carbocycles. The summed E-state index contributed by atoms with van der Waals surface area (Å²) in [5, 5.41) is 0. The van der Waals surface area contributed by atoms with E-state index >= 15 is 0 Å². The molecule has 0 aromatic carbocycles. The Labute approximate surface area is 112 Å². The van der Waals surface area contributed by atoms with Crippen LogP contribution in [0.5, 0.6) is 0 Å². The van der Waals surface area contributed by atoms with Gasteiger partial charge in [0.15, 0.2) is 6.39 Å². The first-order chi connectivity index (χ1) is 8.88. The van der Waals surface area contributed by atoms with Crippen molar-refractivity contribution < 1.29 is 4.42 Å². The van der Waals surface area contributed by atoms with Crippen LogP contribution in [0.4, 0.5) is 0 Å². The van der Waals surface area contributed by atoms with Crippen LogP contribution in [-0.2, 0) is 0 Å². The quantitative estimate of drug-likeness (QED) is 0.471. The fourth-order valence-electron chi connectivity index (χ4n) is 2.49. The third-order valence-corrected chi connectivity index (χ3v) is 3.67. The van der Waals surface area contributed by atoms with Crippen molar-refractivity contribution in [1.29, 1.82) is 0 Å². The molecule has 0 aliphatic rings. The highest BCUT2D eigenvalue weighted by molar-refractivity contribution is 4.98. The number of hydrogen-bond donors (Lipinski definition) is 0. The number of rotatable bonds is 11. The highest BCUT2D eigenvalue weighted by Crippen LogP contribution is 2.28. The summed E-state index contributed by atoms with van der Waals surface area (Å²) >= 11 is 0. The molecule has 2 heteroatoms. The van der Waals surface area contributed by atoms with Crippen LogP contribution >= 0.6 is 0 Å². The molecule has 2 nitrogen and oxygen atoms in total. The van der Waals surface area contributed by atoms with E-state index in [1.165, 1.54) is 64.2 Å². The topological polar surface area (TPSA) is 26.0 Å². The summed E-state index contributed by atoms with van der Waals surface area (Å²) in [6.45, 7) is 4.53. The molecule has 0 fully saturated rings. The van der Waals surface area contributed by atoms with Crippen molar-refractivity contribution in [3.8, 4) is 0 Å². The lowest BCUT2D eigenvalue weighted by Crippen LogP contribution is -1.98. The van der Waals surface area contributed by atoms with Crippen LogP contribution in [0, 0.1) is 0 Å². The Hall–Kier alpha value is -0.790. The fraction of sp³-hybridized carbons (Fsp3) is 0.812. The summed E-state index contributed by atoms with van der Waals surface area (Å²) in [4.78, 5) is 4.07. The maximum atomic E-state index is 5.50. The Morgan fingerprint density at radius 2 is 1.56 bits per heavy atom. The van der Waals surface area contributed by atoms with Crippen molar-refractivity contribution in [2.24, 2.45) is 0 Å². The highest BCUT2D eigenvalue weighted by Gasteiger charge is 2.14. The van der Waals surface area contributed by atoms with E-state index in [2.05, 4.69) is 18.8 Å². The number of unbranched alkanes of at least 4 members (excludes halogenated alkanes) is 6. The summed E-state index contributed by atoms with van der Waals surface area (Å²) in [6, 6.07) is 0. The van der Waals surface area contributed by atoms with E-state index in [-0.39, 0.29) is 0 Å². The molecule has 1 heterocycles. The van der Waals surface area contributed by atoms with Gasteiger partial charge in [0.2, 0.25) is 0 Å². The number of hydrogen-bond acceptors (Lipinski definition) is 2. The van der Waals surface area contributed by atoms with Crippen LogP contribution in [0.1, 0.15) is 89.7 Å². The molecule has 0 amide bonds. The second-order valence-electron chi connectivity index (χ2n) is 5.30. The molecule has 18 heavy (non-hydrogen) atoms. The van der Waals surface area contributed by atoms with Gasteiger partial charge in [-0.3, -0.25) is 0 Å². The molecule has 0 radical (unpaired) electrons. The van der Waals surface area contributed by atoms with Gasteiger partial charge >= 0.3 is 0 Å². The first kappa shape index (κ1) is 15.3. The summed E-state index contributed by atoms with van der Waals surface area (Å²) in [6.07, 6.45) is 16.7. The lowest BCUT2D eigenvalue weighted by Gasteiger charge is -2.13. The van der Waals surface area contributed by atoms with Crippen LogP contribution in [0.25, 0.3) is 0 Å². The molecule has 0 aliphatic heterocycles. The van der Waals surface area contributed by atoms with E-state index in [0.717, 1.165) is 5.76 Å². The van der Waals surface area contributed by atoms with Crippen LogP contribution in [0.3, 0.4) is 0 Å². The zero-order valence-corrected chi connectivity index (χ0v) is 12.2. The number of oxazole rings is 1. The average molecular weight is 251 g/mol. The minimum Gasteiger partial charge on any atom is -0.448 e. The molecule has 1 aromatic rings. The molecule has 104 valence electrons. The zero-order chi connectivity index (χ0) is 13.1. The summed E-state index contributed by atoms with van der Waals surface area (Å²) in [5.74, 6) is 1.70. The SMILES string of the molecule is CCCCCCC(CCCCCC)c1cnco1. The molecule has 0 N–H and O–H groups in total. The van der Waals surface area contributed by atoms with E-state index in [0.29, 0.717) is 5.92 Å². The van der Waals surface area contributed by atoms with Gasteiger partial charge in [0.05, 0.1) is 6.20 Å². The van der Waals surface area contributed by atoms with Gasteiger partial charge in [-0.05, 0) is 12.8 Å². The molecule has 1 rings (SSSR count). The van der Waals surface area contributed by atoms with E-state index in [9.17, 15) is 0 Å². The molecule has 0 aliphatic carbocycles. The summed E-state index contributed by atoms with van der Waals surface area (Å²) in [5.41, 5.74) is 0. The van der Waals surface area contributed by atoms with Crippen molar-refractivity contribution in [3.05, 3.63) is 18.4 Å². The van der Waals surface area contributed by atoms with Gasteiger partial charge in [0.25, 0.3) is 0 Å². The first-order valence-electron chi connectivity index (χ1n) is 7.76. The number of nitrogens with zero attached hydrogens (tertiary/aromatic N) is 1. The maximum absolute atomic E-state index is 5.50. The second-order valence-corrected chi connectivity index (χ2v) is 5.30. The van der Waals surface area contributed by atoms with Crippen molar-refractivity contribution >= 4 is 0 Å². The van der Waals surface area contributed by atoms with Gasteiger partial charge in [0.1, 0.15) is 5.76 Å². The van der Waals surface area contributed by atoms with Crippen molar-refractivity contribution in [2.75, 3.05) is 0 Å². The highest BCUT2D eigenvalue weighted by atomic mass is 16.3. The van der Waals surface area contributed by atoms with Gasteiger partial charge < -0.3 is 4.42 Å². The molecule has 0 unspecified atom stereocenters. The van der Waals surface area contributed by atoms with Gasteiger partial charge in [-0.25, -0.2) is 4.98 Å². The third-order valence-electron chi connectivity index (χ3n) is 3.67. The maximum Gasteiger partial charge on any atom is 0.180 e. The Bertz CT molecular complexity index is 257. The Morgan fingerprint density at radius 3 is 2.00 bits per heavy atom. The lowest BCUT2D eigenvalue weighted by atomic mass is 9.93. The predicted octanol–water partition coefficient (Wildman–Crippen LogP) is 5.70.